The predicted molar refractivity (Wildman–Crippen MR) is 121 cm³/mol. The summed E-state index contributed by atoms with van der Waals surface area (Å²) in [7, 11) is 0. The van der Waals surface area contributed by atoms with Crippen molar-refractivity contribution >= 4 is 11.6 Å². The van der Waals surface area contributed by atoms with Crippen LogP contribution in [0, 0.1) is 5.95 Å². The summed E-state index contributed by atoms with van der Waals surface area (Å²) < 4.78 is 47.6. The molecule has 1 aromatic carbocycles. The Labute approximate surface area is 202 Å². The SMILES string of the molecule is CC(C)(N)c1ncc(-c2ccn3nc4c(c3n2)[C@@H]2C[C@H]4NC(=O)c3cccc(OC(F)F)c32)c(F)n1. The number of carbonyl (C=O) groups is 1. The van der Waals surface area contributed by atoms with Gasteiger partial charge in [-0.1, -0.05) is 6.07 Å². The quantitative estimate of drug-likeness (QED) is 0.416. The van der Waals surface area contributed by atoms with Gasteiger partial charge >= 0.3 is 6.61 Å². The highest BCUT2D eigenvalue weighted by Crippen LogP contribution is 2.50. The summed E-state index contributed by atoms with van der Waals surface area (Å²) in [6.07, 6.45) is 3.35. The molecule has 6 rings (SSSR count). The molecule has 4 aromatic rings. The number of aromatic nitrogens is 5. The molecular weight excluding hydrogens is 475 g/mol. The van der Waals surface area contributed by atoms with E-state index in [9.17, 15) is 18.0 Å². The maximum atomic E-state index is 14.9. The van der Waals surface area contributed by atoms with Crippen molar-refractivity contribution in [3.63, 3.8) is 0 Å². The lowest BCUT2D eigenvalue weighted by Gasteiger charge is -2.18. The first-order chi connectivity index (χ1) is 17.1. The van der Waals surface area contributed by atoms with Crippen molar-refractivity contribution in [1.29, 1.82) is 0 Å². The largest absolute Gasteiger partial charge is 0.434 e. The van der Waals surface area contributed by atoms with Gasteiger partial charge in [-0.15, -0.1) is 0 Å². The Morgan fingerprint density at radius 3 is 2.72 bits per heavy atom. The second-order valence-electron chi connectivity index (χ2n) is 9.41. The van der Waals surface area contributed by atoms with E-state index in [0.717, 1.165) is 0 Å². The number of hydrogen-bond acceptors (Lipinski definition) is 7. The Morgan fingerprint density at radius 1 is 1.19 bits per heavy atom. The lowest BCUT2D eigenvalue weighted by atomic mass is 9.89. The van der Waals surface area contributed by atoms with E-state index in [4.69, 9.17) is 10.5 Å². The number of benzene rings is 1. The van der Waals surface area contributed by atoms with Crippen LogP contribution in [0.2, 0.25) is 0 Å². The maximum absolute atomic E-state index is 14.9. The first-order valence-electron chi connectivity index (χ1n) is 11.2. The van der Waals surface area contributed by atoms with Crippen molar-refractivity contribution in [1.82, 2.24) is 29.9 Å². The molecule has 4 heterocycles. The average Bonchev–Trinajstić information content (AvgIpc) is 3.30. The van der Waals surface area contributed by atoms with Crippen molar-refractivity contribution in [2.24, 2.45) is 5.73 Å². The van der Waals surface area contributed by atoms with Crippen LogP contribution in [0.5, 0.6) is 5.75 Å². The van der Waals surface area contributed by atoms with Gasteiger partial charge in [0.1, 0.15) is 5.75 Å². The molecule has 3 N–H and O–H groups in total. The van der Waals surface area contributed by atoms with Crippen LogP contribution >= 0.6 is 0 Å². The lowest BCUT2D eigenvalue weighted by molar-refractivity contribution is -0.0505. The molecule has 0 spiro atoms. The molecule has 9 nitrogen and oxygen atoms in total. The van der Waals surface area contributed by atoms with Crippen molar-refractivity contribution in [2.75, 3.05) is 0 Å². The fraction of sp³-hybridized carbons (Fsp3) is 0.292. The zero-order valence-corrected chi connectivity index (χ0v) is 19.2. The van der Waals surface area contributed by atoms with Crippen LogP contribution < -0.4 is 15.8 Å². The first-order valence-corrected chi connectivity index (χ1v) is 11.2. The fourth-order valence-corrected chi connectivity index (χ4v) is 4.94. The average molecular weight is 495 g/mol. The molecule has 1 aliphatic heterocycles. The molecule has 0 unspecified atom stereocenters. The Bertz CT molecular complexity index is 1550. The molecule has 2 bridgehead atoms. The van der Waals surface area contributed by atoms with E-state index in [-0.39, 0.29) is 28.4 Å². The molecule has 2 atom stereocenters. The van der Waals surface area contributed by atoms with Crippen LogP contribution in [0.4, 0.5) is 13.2 Å². The molecule has 0 saturated carbocycles. The molecule has 184 valence electrons. The van der Waals surface area contributed by atoms with Crippen LogP contribution in [-0.4, -0.2) is 37.1 Å². The normalized spacial score (nSPS) is 18.7. The van der Waals surface area contributed by atoms with Gasteiger partial charge in [-0.3, -0.25) is 4.79 Å². The van der Waals surface area contributed by atoms with Crippen molar-refractivity contribution < 1.29 is 22.7 Å². The van der Waals surface area contributed by atoms with Gasteiger partial charge in [0.2, 0.25) is 5.95 Å². The molecule has 0 fully saturated rings. The van der Waals surface area contributed by atoms with E-state index < -0.39 is 36.0 Å². The zero-order chi connectivity index (χ0) is 25.4. The van der Waals surface area contributed by atoms with Gasteiger partial charge in [0.05, 0.1) is 28.5 Å². The molecule has 0 saturated heterocycles. The second-order valence-corrected chi connectivity index (χ2v) is 9.41. The van der Waals surface area contributed by atoms with Gasteiger partial charge in [-0.2, -0.15) is 18.3 Å². The first kappa shape index (κ1) is 22.4. The van der Waals surface area contributed by atoms with Gasteiger partial charge in [-0.05, 0) is 38.5 Å². The minimum Gasteiger partial charge on any atom is -0.434 e. The van der Waals surface area contributed by atoms with Crippen LogP contribution in [0.3, 0.4) is 0 Å². The van der Waals surface area contributed by atoms with Gasteiger partial charge < -0.3 is 15.8 Å². The number of alkyl halides is 2. The van der Waals surface area contributed by atoms with E-state index in [1.807, 2.05) is 0 Å². The predicted octanol–water partition coefficient (Wildman–Crippen LogP) is 3.44. The number of nitrogens with one attached hydrogen (secondary N) is 1. The molecule has 36 heavy (non-hydrogen) atoms. The Hall–Kier alpha value is -4.06. The Morgan fingerprint density at radius 2 is 2.00 bits per heavy atom. The van der Waals surface area contributed by atoms with E-state index in [2.05, 4.69) is 25.4 Å². The highest BCUT2D eigenvalue weighted by molar-refractivity contribution is 5.98. The van der Waals surface area contributed by atoms with Crippen LogP contribution in [0.25, 0.3) is 16.9 Å². The molecule has 3 aromatic heterocycles. The van der Waals surface area contributed by atoms with Gasteiger partial charge in [-0.25, -0.2) is 19.5 Å². The minimum absolute atomic E-state index is 0.0777. The number of nitrogens with zero attached hydrogens (tertiary/aromatic N) is 5. The summed E-state index contributed by atoms with van der Waals surface area (Å²) in [6, 6.07) is 5.61. The summed E-state index contributed by atoms with van der Waals surface area (Å²) in [5.74, 6) is -1.58. The standard InChI is InChI=1S/C24H20F3N7O2/c1-24(2,28)22-29-9-12(19(25)32-22)13-6-7-34-20(30-13)17-11-8-14(18(17)33-34)31-21(35)10-4-3-5-15(16(10)11)36-23(26)27/h3-7,9,11,14,23H,8,28H2,1-2H3,(H,31,35)/t11-,14-/m1/s1. The second kappa shape index (κ2) is 7.72. The third kappa shape index (κ3) is 3.40. The minimum atomic E-state index is -3.06. The van der Waals surface area contributed by atoms with E-state index in [1.54, 1.807) is 32.2 Å². The molecular formula is C24H20F3N7O2. The zero-order valence-electron chi connectivity index (χ0n) is 19.2. The van der Waals surface area contributed by atoms with Crippen LogP contribution in [0.15, 0.2) is 36.7 Å². The third-order valence-electron chi connectivity index (χ3n) is 6.47. The van der Waals surface area contributed by atoms with Gasteiger partial charge in [0.25, 0.3) is 5.91 Å². The number of hydrogen-bond donors (Lipinski definition) is 2. The fourth-order valence-electron chi connectivity index (χ4n) is 4.94. The molecule has 2 aliphatic rings. The molecule has 0 radical (unpaired) electrons. The van der Waals surface area contributed by atoms with Crippen molar-refractivity contribution in [2.45, 2.75) is 44.4 Å². The summed E-state index contributed by atoms with van der Waals surface area (Å²) >= 11 is 0. The monoisotopic (exact) mass is 495 g/mol. The molecule has 1 aliphatic carbocycles. The van der Waals surface area contributed by atoms with E-state index in [0.29, 0.717) is 28.9 Å². The number of nitrogens with two attached hydrogens (primary N) is 1. The molecule has 1 amide bonds. The molecule has 12 heteroatoms. The number of amides is 1. The highest BCUT2D eigenvalue weighted by atomic mass is 19.3. The van der Waals surface area contributed by atoms with Crippen molar-refractivity contribution in [3.05, 3.63) is 70.8 Å². The summed E-state index contributed by atoms with van der Waals surface area (Å²) in [5, 5.41) is 7.51. The number of ether oxygens (including phenoxy) is 1. The van der Waals surface area contributed by atoms with E-state index in [1.165, 1.54) is 22.8 Å². The van der Waals surface area contributed by atoms with Gasteiger partial charge in [0.15, 0.2) is 11.5 Å². The summed E-state index contributed by atoms with van der Waals surface area (Å²) in [6.45, 7) is 0.285. The number of halogens is 3. The van der Waals surface area contributed by atoms with Crippen LogP contribution in [-0.2, 0) is 5.54 Å². The van der Waals surface area contributed by atoms with Gasteiger partial charge in [0, 0.05) is 35.0 Å². The Kier molecular flexibility index (Phi) is 4.80. The van der Waals surface area contributed by atoms with E-state index >= 15 is 0 Å². The smallest absolute Gasteiger partial charge is 0.387 e. The summed E-state index contributed by atoms with van der Waals surface area (Å²) in [4.78, 5) is 25.6. The summed E-state index contributed by atoms with van der Waals surface area (Å²) in [5.41, 5.74) is 7.66. The van der Waals surface area contributed by atoms with Crippen LogP contribution in [0.1, 0.15) is 65.2 Å². The number of fused-ring (bicyclic) bond motifs is 9. The van der Waals surface area contributed by atoms with Crippen molar-refractivity contribution in [3.8, 4) is 17.0 Å². The topological polar surface area (TPSA) is 120 Å². The number of rotatable bonds is 4. The highest BCUT2D eigenvalue weighted by Gasteiger charge is 2.44. The Balaban J connectivity index is 1.52. The number of carbonyl (C=O) groups excluding carboxylic acids is 1. The maximum Gasteiger partial charge on any atom is 0.387 e. The third-order valence-corrected chi connectivity index (χ3v) is 6.47. The lowest BCUT2D eigenvalue weighted by Crippen LogP contribution is -2.31.